The minimum atomic E-state index is 0.621. The van der Waals surface area contributed by atoms with Gasteiger partial charge in [0.1, 0.15) is 11.6 Å². The predicted molar refractivity (Wildman–Crippen MR) is 76.8 cm³/mol. The number of nitrogens with zero attached hydrogens (tertiary/aromatic N) is 4. The zero-order valence-electron chi connectivity index (χ0n) is 11.1. The van der Waals surface area contributed by atoms with Gasteiger partial charge in [0.05, 0.1) is 11.6 Å². The van der Waals surface area contributed by atoms with Crippen LogP contribution in [0.3, 0.4) is 0 Å². The molecule has 0 unspecified atom stereocenters. The lowest BCUT2D eigenvalue weighted by Crippen LogP contribution is -2.10. The highest BCUT2D eigenvalue weighted by atomic mass is 35.5. The van der Waals surface area contributed by atoms with Crippen molar-refractivity contribution in [1.82, 2.24) is 19.7 Å². The van der Waals surface area contributed by atoms with E-state index in [4.69, 9.17) is 11.6 Å². The van der Waals surface area contributed by atoms with E-state index >= 15 is 0 Å². The number of halogens is 1. The summed E-state index contributed by atoms with van der Waals surface area (Å²) in [5.41, 5.74) is 0. The predicted octanol–water partition coefficient (Wildman–Crippen LogP) is 3.15. The Morgan fingerprint density at radius 2 is 2.05 bits per heavy atom. The summed E-state index contributed by atoms with van der Waals surface area (Å²) in [6, 6.07) is 4.33. The average Bonchev–Trinajstić information content (AvgIpc) is 3.37. The summed E-state index contributed by atoms with van der Waals surface area (Å²) in [5, 5.41) is 12.7. The second kappa shape index (κ2) is 4.74. The van der Waals surface area contributed by atoms with Crippen LogP contribution in [-0.2, 0) is 6.54 Å². The fourth-order valence-corrected chi connectivity index (χ4v) is 2.57. The first kappa shape index (κ1) is 12.1. The Bertz CT molecular complexity index is 613. The Kier molecular flexibility index (Phi) is 2.88. The zero-order valence-corrected chi connectivity index (χ0v) is 11.8. The monoisotopic (exact) mass is 289 g/mol. The second-order valence-electron chi connectivity index (χ2n) is 5.57. The van der Waals surface area contributed by atoms with Gasteiger partial charge in [-0.15, -0.1) is 10.2 Å². The van der Waals surface area contributed by atoms with Crippen LogP contribution in [0.25, 0.3) is 0 Å². The van der Waals surface area contributed by atoms with Crippen molar-refractivity contribution in [2.75, 3.05) is 5.32 Å². The van der Waals surface area contributed by atoms with E-state index in [1.165, 1.54) is 31.5 Å². The Morgan fingerprint density at radius 1 is 1.20 bits per heavy atom. The van der Waals surface area contributed by atoms with Crippen molar-refractivity contribution in [3.8, 4) is 0 Å². The molecule has 2 heterocycles. The molecule has 2 aromatic rings. The van der Waals surface area contributed by atoms with Crippen LogP contribution in [0.2, 0.25) is 5.02 Å². The van der Waals surface area contributed by atoms with E-state index in [9.17, 15) is 0 Å². The summed E-state index contributed by atoms with van der Waals surface area (Å²) in [5.74, 6) is 3.66. The van der Waals surface area contributed by atoms with Crippen molar-refractivity contribution in [3.63, 3.8) is 0 Å². The van der Waals surface area contributed by atoms with Crippen LogP contribution in [0.15, 0.2) is 18.3 Å². The van der Waals surface area contributed by atoms with Gasteiger partial charge in [0, 0.05) is 18.2 Å². The molecule has 0 aromatic carbocycles. The van der Waals surface area contributed by atoms with Crippen molar-refractivity contribution >= 4 is 17.4 Å². The van der Waals surface area contributed by atoms with Crippen molar-refractivity contribution in [2.45, 2.75) is 44.2 Å². The van der Waals surface area contributed by atoms with E-state index in [1.807, 2.05) is 12.1 Å². The molecule has 2 saturated carbocycles. The van der Waals surface area contributed by atoms with Gasteiger partial charge in [-0.1, -0.05) is 11.6 Å². The number of hydrogen-bond donors (Lipinski definition) is 1. The van der Waals surface area contributed by atoms with E-state index in [1.54, 1.807) is 6.20 Å². The molecule has 0 spiro atoms. The van der Waals surface area contributed by atoms with Gasteiger partial charge in [-0.05, 0) is 37.8 Å². The molecule has 0 saturated heterocycles. The van der Waals surface area contributed by atoms with Gasteiger partial charge in [-0.3, -0.25) is 0 Å². The van der Waals surface area contributed by atoms with Crippen LogP contribution >= 0.6 is 11.6 Å². The molecular weight excluding hydrogens is 274 g/mol. The third kappa shape index (κ3) is 2.38. The summed E-state index contributed by atoms with van der Waals surface area (Å²) >= 11 is 5.83. The maximum atomic E-state index is 5.83. The van der Waals surface area contributed by atoms with E-state index in [-0.39, 0.29) is 0 Å². The normalized spacial score (nSPS) is 18.2. The molecular formula is C14H16ClN5. The quantitative estimate of drug-likeness (QED) is 0.919. The van der Waals surface area contributed by atoms with Gasteiger partial charge in [-0.2, -0.15) is 0 Å². The summed E-state index contributed by atoms with van der Waals surface area (Å²) < 4.78 is 2.35. The van der Waals surface area contributed by atoms with Crippen molar-refractivity contribution in [1.29, 1.82) is 0 Å². The molecule has 0 bridgehead atoms. The minimum Gasteiger partial charge on any atom is -0.363 e. The molecule has 0 radical (unpaired) electrons. The smallest absolute Gasteiger partial charge is 0.152 e. The molecule has 2 aliphatic rings. The number of anilines is 1. The van der Waals surface area contributed by atoms with Gasteiger partial charge in [0.25, 0.3) is 0 Å². The van der Waals surface area contributed by atoms with E-state index in [0.717, 1.165) is 11.6 Å². The summed E-state index contributed by atoms with van der Waals surface area (Å²) in [6.07, 6.45) is 6.67. The fourth-order valence-electron chi connectivity index (χ4n) is 2.46. The van der Waals surface area contributed by atoms with Crippen LogP contribution in [0.4, 0.5) is 5.82 Å². The average molecular weight is 290 g/mol. The molecule has 4 rings (SSSR count). The van der Waals surface area contributed by atoms with Gasteiger partial charge in [-0.25, -0.2) is 4.98 Å². The van der Waals surface area contributed by atoms with Crippen molar-refractivity contribution < 1.29 is 0 Å². The molecule has 1 N–H and O–H groups in total. The lowest BCUT2D eigenvalue weighted by molar-refractivity contribution is 0.650. The first-order chi connectivity index (χ1) is 9.81. The zero-order chi connectivity index (χ0) is 13.5. The molecule has 2 fully saturated rings. The van der Waals surface area contributed by atoms with Gasteiger partial charge in [0.2, 0.25) is 0 Å². The molecule has 104 valence electrons. The Morgan fingerprint density at radius 3 is 2.70 bits per heavy atom. The SMILES string of the molecule is Clc1ccc(NCc2nnc(C3CC3)n2C2CC2)nc1. The third-order valence-corrected chi connectivity index (χ3v) is 4.03. The van der Waals surface area contributed by atoms with Crippen LogP contribution in [0.5, 0.6) is 0 Å². The Labute approximate surface area is 122 Å². The summed E-state index contributed by atoms with van der Waals surface area (Å²) in [7, 11) is 0. The largest absolute Gasteiger partial charge is 0.363 e. The number of nitrogens with one attached hydrogen (secondary N) is 1. The Hall–Kier alpha value is -1.62. The Balaban J connectivity index is 1.52. The fraction of sp³-hybridized carbons (Fsp3) is 0.500. The van der Waals surface area contributed by atoms with Gasteiger partial charge in [0.15, 0.2) is 5.82 Å². The first-order valence-corrected chi connectivity index (χ1v) is 7.48. The molecule has 0 aliphatic heterocycles. The maximum Gasteiger partial charge on any atom is 0.152 e. The van der Waals surface area contributed by atoms with E-state index < -0.39 is 0 Å². The number of pyridine rings is 1. The first-order valence-electron chi connectivity index (χ1n) is 7.10. The molecule has 6 heteroatoms. The van der Waals surface area contributed by atoms with E-state index in [2.05, 4.69) is 25.1 Å². The lowest BCUT2D eigenvalue weighted by Gasteiger charge is -2.09. The molecule has 5 nitrogen and oxygen atoms in total. The molecule has 2 aliphatic carbocycles. The van der Waals surface area contributed by atoms with Crippen LogP contribution in [0, 0.1) is 0 Å². The van der Waals surface area contributed by atoms with Crippen LogP contribution < -0.4 is 5.32 Å². The van der Waals surface area contributed by atoms with E-state index in [0.29, 0.717) is 23.5 Å². The number of rotatable bonds is 5. The molecule has 20 heavy (non-hydrogen) atoms. The van der Waals surface area contributed by atoms with Crippen molar-refractivity contribution in [3.05, 3.63) is 35.0 Å². The van der Waals surface area contributed by atoms with Crippen LogP contribution in [0.1, 0.15) is 49.3 Å². The topological polar surface area (TPSA) is 55.6 Å². The third-order valence-electron chi connectivity index (χ3n) is 3.80. The molecule has 2 aromatic heterocycles. The molecule has 0 amide bonds. The highest BCUT2D eigenvalue weighted by molar-refractivity contribution is 6.30. The van der Waals surface area contributed by atoms with Crippen molar-refractivity contribution in [2.24, 2.45) is 0 Å². The second-order valence-corrected chi connectivity index (χ2v) is 6.00. The van der Waals surface area contributed by atoms with Gasteiger partial charge >= 0.3 is 0 Å². The highest BCUT2D eigenvalue weighted by Gasteiger charge is 2.36. The number of aromatic nitrogens is 4. The molecule has 0 atom stereocenters. The highest BCUT2D eigenvalue weighted by Crippen LogP contribution is 2.44. The summed E-state index contributed by atoms with van der Waals surface area (Å²) in [4.78, 5) is 4.24. The standard InChI is InChI=1S/C14H16ClN5/c15-10-3-6-12(16-7-10)17-8-13-18-19-14(9-1-2-9)20(13)11-4-5-11/h3,6-7,9,11H,1-2,4-5,8H2,(H,16,17). The maximum absolute atomic E-state index is 5.83. The lowest BCUT2D eigenvalue weighted by atomic mass is 10.3. The minimum absolute atomic E-state index is 0.621. The summed E-state index contributed by atoms with van der Waals surface area (Å²) in [6.45, 7) is 0.658. The number of hydrogen-bond acceptors (Lipinski definition) is 4. The van der Waals surface area contributed by atoms with Crippen LogP contribution in [-0.4, -0.2) is 19.7 Å². The van der Waals surface area contributed by atoms with Gasteiger partial charge < -0.3 is 9.88 Å².